The van der Waals surface area contributed by atoms with Crippen molar-refractivity contribution in [3.05, 3.63) is 34.7 Å². The van der Waals surface area contributed by atoms with Gasteiger partial charge in [-0.1, -0.05) is 36.0 Å². The predicted octanol–water partition coefficient (Wildman–Crippen LogP) is 0.125. The van der Waals surface area contributed by atoms with Gasteiger partial charge in [-0.15, -0.1) is 0 Å². The minimum Gasteiger partial charge on any atom is -0.352 e. The number of carbonyl (C=O) groups is 1. The quantitative estimate of drug-likeness (QED) is 0.720. The molecule has 1 aromatic rings. The van der Waals surface area contributed by atoms with Crippen molar-refractivity contribution >= 4 is 41.8 Å². The predicted molar refractivity (Wildman–Crippen MR) is 77.1 cm³/mol. The molecule has 1 aliphatic heterocycles. The number of aliphatic imine (C=N–C) groups is 2. The highest BCUT2D eigenvalue weighted by Gasteiger charge is 1.96. The first-order valence-electron chi connectivity index (χ1n) is 5.56. The van der Waals surface area contributed by atoms with Crippen LogP contribution in [0.1, 0.15) is 0 Å². The van der Waals surface area contributed by atoms with E-state index in [0.717, 1.165) is 10.4 Å². The summed E-state index contributed by atoms with van der Waals surface area (Å²) in [5.41, 5.74) is 0. The summed E-state index contributed by atoms with van der Waals surface area (Å²) in [7, 11) is 0. The Balaban J connectivity index is 2.40. The summed E-state index contributed by atoms with van der Waals surface area (Å²) in [6.07, 6.45) is 6.52. The summed E-state index contributed by atoms with van der Waals surface area (Å²) in [6, 6.07) is 7.80. The second kappa shape index (κ2) is 6.76. The molecule has 1 N–H and O–H groups in total. The van der Waals surface area contributed by atoms with Crippen LogP contribution in [0.4, 0.5) is 0 Å². The molecule has 0 bridgehead atoms. The van der Waals surface area contributed by atoms with Crippen LogP contribution in [0.2, 0.25) is 0 Å². The van der Waals surface area contributed by atoms with Gasteiger partial charge in [0.25, 0.3) is 0 Å². The Labute approximate surface area is 109 Å². The fourth-order valence-electron chi connectivity index (χ4n) is 1.42. The molecule has 2 rings (SSSR count). The van der Waals surface area contributed by atoms with E-state index in [9.17, 15) is 4.79 Å². The summed E-state index contributed by atoms with van der Waals surface area (Å²) >= 11 is 1.22. The fraction of sp³-hybridized carbons (Fsp3) is 0.154. The van der Waals surface area contributed by atoms with Gasteiger partial charge in [-0.2, -0.15) is 0 Å². The molecular weight excluding hydrogens is 246 g/mol. The summed E-state index contributed by atoms with van der Waals surface area (Å²) in [5, 5.41) is 4.91. The third-order valence-electron chi connectivity index (χ3n) is 2.26. The van der Waals surface area contributed by atoms with Gasteiger partial charge in [0.1, 0.15) is 0 Å². The maximum absolute atomic E-state index is 11.4. The number of thioether (sulfide) groups is 1. The van der Waals surface area contributed by atoms with Gasteiger partial charge in [0.15, 0.2) is 0 Å². The number of hydrogen-bond donors (Lipinski definition) is 1. The zero-order chi connectivity index (χ0) is 12.6. The van der Waals surface area contributed by atoms with E-state index in [2.05, 4.69) is 15.3 Å². The molecule has 0 atom stereocenters. The molecule has 0 aliphatic carbocycles. The van der Waals surface area contributed by atoms with Gasteiger partial charge < -0.3 is 5.32 Å². The first kappa shape index (κ1) is 12.6. The van der Waals surface area contributed by atoms with E-state index >= 15 is 0 Å². The van der Waals surface area contributed by atoms with Crippen LogP contribution >= 0.6 is 11.8 Å². The standard InChI is InChI=1S/C13H13N3OS/c17-13-9-15-7-11-3-1-2-4-12(11)8-16-10-14-5-6-18-13/h1-4,7-10H,5-6H2,(H,14,16). The van der Waals surface area contributed by atoms with E-state index in [1.807, 2.05) is 30.5 Å². The van der Waals surface area contributed by atoms with Crippen LogP contribution in [0.25, 0.3) is 12.4 Å². The molecule has 92 valence electrons. The Hall–Kier alpha value is -1.88. The molecule has 4 nitrogen and oxygen atoms in total. The molecule has 1 heterocycles. The van der Waals surface area contributed by atoms with Gasteiger partial charge in [0.05, 0.1) is 19.1 Å². The first-order chi connectivity index (χ1) is 8.86. The summed E-state index contributed by atoms with van der Waals surface area (Å²) in [4.78, 5) is 19.6. The van der Waals surface area contributed by atoms with Crippen molar-refractivity contribution in [2.45, 2.75) is 0 Å². The number of nitrogens with one attached hydrogen (secondary N) is 1. The van der Waals surface area contributed by atoms with Gasteiger partial charge in [0, 0.05) is 23.4 Å². The molecule has 18 heavy (non-hydrogen) atoms. The van der Waals surface area contributed by atoms with Crippen LogP contribution in [0, 0.1) is 0 Å². The first-order valence-corrected chi connectivity index (χ1v) is 6.54. The van der Waals surface area contributed by atoms with Crippen LogP contribution in [-0.4, -0.2) is 30.0 Å². The lowest BCUT2D eigenvalue weighted by molar-refractivity contribution is -0.105. The summed E-state index contributed by atoms with van der Waals surface area (Å²) < 4.78 is 0. The zero-order valence-electron chi connectivity index (χ0n) is 9.74. The molecule has 0 unspecified atom stereocenters. The summed E-state index contributed by atoms with van der Waals surface area (Å²) in [5.74, 6) is 0.663. The smallest absolute Gasteiger partial charge is 0.230 e. The monoisotopic (exact) mass is 259 g/mol. The van der Waals surface area contributed by atoms with Crippen molar-refractivity contribution in [3.8, 4) is 0 Å². The van der Waals surface area contributed by atoms with Crippen molar-refractivity contribution in [2.75, 3.05) is 12.3 Å². The molecule has 0 saturated carbocycles. The third-order valence-corrected chi connectivity index (χ3v) is 3.04. The Morgan fingerprint density at radius 1 is 1.22 bits per heavy atom. The highest BCUT2D eigenvalue weighted by atomic mass is 32.2. The minimum atomic E-state index is -0.0462. The lowest BCUT2D eigenvalue weighted by atomic mass is 10.2. The maximum Gasteiger partial charge on any atom is 0.230 e. The van der Waals surface area contributed by atoms with Crippen molar-refractivity contribution in [1.82, 2.24) is 5.32 Å². The number of hydrogen-bond acceptors (Lipinski definition) is 5. The van der Waals surface area contributed by atoms with E-state index in [1.165, 1.54) is 18.0 Å². The second-order valence-electron chi connectivity index (χ2n) is 3.55. The SMILES string of the molecule is O=C1C=NC=c2ccccc2=CNC=NCCS1. The van der Waals surface area contributed by atoms with E-state index < -0.39 is 0 Å². The van der Waals surface area contributed by atoms with Crippen LogP contribution in [0.15, 0.2) is 34.3 Å². The van der Waals surface area contributed by atoms with E-state index in [0.29, 0.717) is 12.3 Å². The van der Waals surface area contributed by atoms with Crippen molar-refractivity contribution in [1.29, 1.82) is 0 Å². The molecule has 0 fully saturated rings. The normalized spacial score (nSPS) is 16.1. The third kappa shape index (κ3) is 3.85. The van der Waals surface area contributed by atoms with E-state index in [4.69, 9.17) is 0 Å². The van der Waals surface area contributed by atoms with Crippen molar-refractivity contribution in [2.24, 2.45) is 9.98 Å². The number of rotatable bonds is 0. The van der Waals surface area contributed by atoms with Crippen LogP contribution in [-0.2, 0) is 4.79 Å². The van der Waals surface area contributed by atoms with Gasteiger partial charge in [0.2, 0.25) is 5.12 Å². The molecular formula is C13H13N3OS. The lowest BCUT2D eigenvalue weighted by Gasteiger charge is -1.92. The van der Waals surface area contributed by atoms with E-state index in [-0.39, 0.29) is 5.12 Å². The average molecular weight is 259 g/mol. The van der Waals surface area contributed by atoms with E-state index in [1.54, 1.807) is 12.5 Å². The lowest BCUT2D eigenvalue weighted by Crippen LogP contribution is -2.26. The molecule has 1 aliphatic rings. The summed E-state index contributed by atoms with van der Waals surface area (Å²) in [6.45, 7) is 0.608. The molecule has 0 saturated heterocycles. The van der Waals surface area contributed by atoms with Gasteiger partial charge in [-0.05, 0) is 5.22 Å². The van der Waals surface area contributed by atoms with Crippen LogP contribution < -0.4 is 15.8 Å². The van der Waals surface area contributed by atoms with Crippen molar-refractivity contribution in [3.63, 3.8) is 0 Å². The Morgan fingerprint density at radius 2 is 2.06 bits per heavy atom. The molecule has 1 aromatic carbocycles. The highest BCUT2D eigenvalue weighted by molar-refractivity contribution is 8.15. The van der Waals surface area contributed by atoms with Crippen LogP contribution in [0.3, 0.4) is 0 Å². The largest absolute Gasteiger partial charge is 0.352 e. The maximum atomic E-state index is 11.4. The van der Waals surface area contributed by atoms with Crippen LogP contribution in [0.5, 0.6) is 0 Å². The van der Waals surface area contributed by atoms with Crippen molar-refractivity contribution < 1.29 is 4.79 Å². The number of benzene rings is 1. The molecule has 0 amide bonds. The number of nitrogens with zero attached hydrogens (tertiary/aromatic N) is 2. The Bertz CT molecular complexity index is 592. The topological polar surface area (TPSA) is 53.8 Å². The molecule has 0 radical (unpaired) electrons. The average Bonchev–Trinajstić information content (AvgIpc) is 2.40. The Kier molecular flexibility index (Phi) is 4.72. The van der Waals surface area contributed by atoms with Gasteiger partial charge >= 0.3 is 0 Å². The zero-order valence-corrected chi connectivity index (χ0v) is 10.6. The number of fused-ring (bicyclic) bond motifs is 1. The van der Waals surface area contributed by atoms with Gasteiger partial charge in [-0.25, -0.2) is 0 Å². The fourth-order valence-corrected chi connectivity index (χ4v) is 1.95. The second-order valence-corrected chi connectivity index (χ2v) is 4.65. The minimum absolute atomic E-state index is 0.0462. The molecule has 0 aromatic heterocycles. The van der Waals surface area contributed by atoms with Gasteiger partial charge in [-0.3, -0.25) is 14.8 Å². The Morgan fingerprint density at radius 3 is 2.94 bits per heavy atom. The molecule has 0 spiro atoms. The highest BCUT2D eigenvalue weighted by Crippen LogP contribution is 1.99. The molecule has 5 heteroatoms. The number of carbonyl (C=O) groups excluding carboxylic acids is 1.